The molecule has 1 aliphatic heterocycles. The first-order valence-electron chi connectivity index (χ1n) is 12.0. The van der Waals surface area contributed by atoms with Crippen LogP contribution in [0.1, 0.15) is 34.3 Å². The van der Waals surface area contributed by atoms with Crippen LogP contribution in [0.25, 0.3) is 11.1 Å². The molecule has 0 bridgehead atoms. The van der Waals surface area contributed by atoms with Crippen LogP contribution in [0.3, 0.4) is 0 Å². The second-order valence-electron chi connectivity index (χ2n) is 8.71. The molecule has 0 aliphatic carbocycles. The van der Waals surface area contributed by atoms with E-state index in [1.54, 1.807) is 12.1 Å². The van der Waals surface area contributed by atoms with Crippen molar-refractivity contribution in [3.05, 3.63) is 89.5 Å². The number of nitrogens with one attached hydrogen (secondary N) is 1. The van der Waals surface area contributed by atoms with Crippen LogP contribution in [0, 0.1) is 11.3 Å². The topological polar surface area (TPSA) is 74.6 Å². The number of ether oxygens (including phenoxy) is 2. The van der Waals surface area contributed by atoms with E-state index in [1.165, 1.54) is 0 Å². The third kappa shape index (κ3) is 6.48. The third-order valence-electron chi connectivity index (χ3n) is 6.39. The molecule has 180 valence electrons. The summed E-state index contributed by atoms with van der Waals surface area (Å²) in [6, 6.07) is 25.3. The smallest absolute Gasteiger partial charge is 0.252 e. The summed E-state index contributed by atoms with van der Waals surface area (Å²) in [5, 5.41) is 12.5. The van der Waals surface area contributed by atoms with E-state index in [-0.39, 0.29) is 5.91 Å². The van der Waals surface area contributed by atoms with E-state index < -0.39 is 0 Å². The van der Waals surface area contributed by atoms with Crippen molar-refractivity contribution in [3.63, 3.8) is 0 Å². The summed E-state index contributed by atoms with van der Waals surface area (Å²) < 4.78 is 11.4. The zero-order valence-electron chi connectivity index (χ0n) is 20.1. The molecule has 4 rings (SSSR count). The molecule has 1 saturated heterocycles. The van der Waals surface area contributed by atoms with Gasteiger partial charge in [0.15, 0.2) is 0 Å². The van der Waals surface area contributed by atoms with Gasteiger partial charge in [0.05, 0.1) is 11.6 Å². The number of likely N-dealkylation sites (N-methyl/N-ethyl adjacent to an activating group) is 1. The normalized spacial score (nSPS) is 13.9. The first kappa shape index (κ1) is 24.5. The number of amides is 1. The molecule has 1 amide bonds. The number of benzene rings is 3. The van der Waals surface area contributed by atoms with E-state index in [0.29, 0.717) is 30.3 Å². The number of nitriles is 1. The first-order valence-corrected chi connectivity index (χ1v) is 12.0. The lowest BCUT2D eigenvalue weighted by Gasteiger charge is -2.31. The highest BCUT2D eigenvalue weighted by molar-refractivity contribution is 6.01. The maximum absolute atomic E-state index is 13.1. The summed E-state index contributed by atoms with van der Waals surface area (Å²) in [6.07, 6.45) is 2.13. The molecule has 1 N–H and O–H groups in total. The van der Waals surface area contributed by atoms with Crippen LogP contribution < -0.4 is 10.1 Å². The Morgan fingerprint density at radius 1 is 1.06 bits per heavy atom. The van der Waals surface area contributed by atoms with E-state index in [0.717, 1.165) is 55.0 Å². The zero-order chi connectivity index (χ0) is 24.5. The Hall–Kier alpha value is -3.66. The Bertz CT molecular complexity index is 1180. The molecule has 0 atom stereocenters. The van der Waals surface area contributed by atoms with Gasteiger partial charge in [0.25, 0.3) is 5.91 Å². The van der Waals surface area contributed by atoms with Crippen LogP contribution >= 0.6 is 0 Å². The lowest BCUT2D eigenvalue weighted by molar-refractivity contribution is 0.0392. The number of hydrogen-bond donors (Lipinski definition) is 1. The van der Waals surface area contributed by atoms with E-state index in [2.05, 4.69) is 23.3 Å². The van der Waals surface area contributed by atoms with E-state index in [1.807, 2.05) is 60.7 Å². The minimum Gasteiger partial charge on any atom is -0.492 e. The van der Waals surface area contributed by atoms with Gasteiger partial charge in [0, 0.05) is 43.5 Å². The zero-order valence-corrected chi connectivity index (χ0v) is 20.1. The predicted molar refractivity (Wildman–Crippen MR) is 136 cm³/mol. The first-order chi connectivity index (χ1) is 17.2. The van der Waals surface area contributed by atoms with Crippen LogP contribution in [0.4, 0.5) is 0 Å². The van der Waals surface area contributed by atoms with Crippen molar-refractivity contribution >= 4 is 5.91 Å². The highest BCUT2D eigenvalue weighted by Gasteiger charge is 2.18. The van der Waals surface area contributed by atoms with Crippen LogP contribution in [-0.4, -0.2) is 50.3 Å². The fraction of sp³-hybridized carbons (Fsp3) is 0.310. The fourth-order valence-electron chi connectivity index (χ4n) is 4.37. The highest BCUT2D eigenvalue weighted by atomic mass is 16.5. The van der Waals surface area contributed by atoms with Crippen molar-refractivity contribution in [2.45, 2.75) is 25.4 Å². The van der Waals surface area contributed by atoms with Gasteiger partial charge in [-0.15, -0.1) is 0 Å². The molecule has 6 nitrogen and oxygen atoms in total. The number of rotatable bonds is 9. The maximum atomic E-state index is 13.1. The summed E-state index contributed by atoms with van der Waals surface area (Å²) >= 11 is 0. The Morgan fingerprint density at radius 2 is 1.80 bits per heavy atom. The van der Waals surface area contributed by atoms with Gasteiger partial charge >= 0.3 is 0 Å². The quantitative estimate of drug-likeness (QED) is 0.494. The van der Waals surface area contributed by atoms with Crippen molar-refractivity contribution < 1.29 is 14.3 Å². The number of carbonyl (C=O) groups is 1. The molecular formula is C29H31N3O3. The van der Waals surface area contributed by atoms with E-state index in [4.69, 9.17) is 9.47 Å². The van der Waals surface area contributed by atoms with Gasteiger partial charge < -0.3 is 14.8 Å². The van der Waals surface area contributed by atoms with Gasteiger partial charge in [-0.2, -0.15) is 5.26 Å². The Balaban J connectivity index is 1.35. The number of nitrogens with zero attached hydrogens (tertiary/aromatic N) is 2. The van der Waals surface area contributed by atoms with Gasteiger partial charge in [0.1, 0.15) is 12.4 Å². The molecule has 1 heterocycles. The van der Waals surface area contributed by atoms with Gasteiger partial charge in [-0.3, -0.25) is 9.69 Å². The number of hydrogen-bond acceptors (Lipinski definition) is 5. The fourth-order valence-corrected chi connectivity index (χ4v) is 4.37. The third-order valence-corrected chi connectivity index (χ3v) is 6.39. The van der Waals surface area contributed by atoms with Gasteiger partial charge in [-0.05, 0) is 55.3 Å². The van der Waals surface area contributed by atoms with Crippen molar-refractivity contribution in [1.29, 1.82) is 5.26 Å². The summed E-state index contributed by atoms with van der Waals surface area (Å²) in [6.45, 7) is 3.51. The van der Waals surface area contributed by atoms with Crippen LogP contribution in [0.2, 0.25) is 0 Å². The average Bonchev–Trinajstić information content (AvgIpc) is 2.92. The molecule has 6 heteroatoms. The molecule has 0 radical (unpaired) electrons. The Morgan fingerprint density at radius 3 is 2.60 bits per heavy atom. The van der Waals surface area contributed by atoms with Crippen LogP contribution in [-0.2, 0) is 11.3 Å². The second-order valence-corrected chi connectivity index (χ2v) is 8.71. The molecule has 1 aliphatic rings. The van der Waals surface area contributed by atoms with Gasteiger partial charge in [-0.1, -0.05) is 48.5 Å². The molecule has 1 fully saturated rings. The highest BCUT2D eigenvalue weighted by Crippen LogP contribution is 2.27. The minimum absolute atomic E-state index is 0.183. The monoisotopic (exact) mass is 469 g/mol. The van der Waals surface area contributed by atoms with Crippen molar-refractivity contribution in [1.82, 2.24) is 10.2 Å². The predicted octanol–water partition coefficient (Wildman–Crippen LogP) is 4.64. The lowest BCUT2D eigenvalue weighted by atomic mass is 9.95. The minimum atomic E-state index is -0.183. The molecule has 0 unspecified atom stereocenters. The molecule has 35 heavy (non-hydrogen) atoms. The molecule has 0 saturated carbocycles. The average molecular weight is 470 g/mol. The summed E-state index contributed by atoms with van der Waals surface area (Å²) in [7, 11) is 2.14. The standard InChI is InChI=1S/C29H31N3O3/c1-32(24-13-16-34-17-14-24)15-18-35-25-9-6-7-22(19-25)21-31-29(33)28-12-5-4-11-27(28)26-10-3-2-8-23(26)20-30/h2-12,19,24H,13-18,21H2,1H3,(H,31,33). The molecule has 0 aromatic heterocycles. The van der Waals surface area contributed by atoms with Crippen LogP contribution in [0.15, 0.2) is 72.8 Å². The summed E-state index contributed by atoms with van der Waals surface area (Å²) in [4.78, 5) is 15.4. The lowest BCUT2D eigenvalue weighted by Crippen LogP contribution is -2.38. The van der Waals surface area contributed by atoms with Crippen molar-refractivity contribution in [2.24, 2.45) is 0 Å². The Kier molecular flexibility index (Phi) is 8.50. The molecule has 3 aromatic carbocycles. The molecule has 0 spiro atoms. The van der Waals surface area contributed by atoms with E-state index in [9.17, 15) is 10.1 Å². The van der Waals surface area contributed by atoms with Crippen LogP contribution in [0.5, 0.6) is 5.75 Å². The summed E-state index contributed by atoms with van der Waals surface area (Å²) in [5.41, 5.74) is 3.54. The molecular weight excluding hydrogens is 438 g/mol. The van der Waals surface area contributed by atoms with E-state index >= 15 is 0 Å². The largest absolute Gasteiger partial charge is 0.492 e. The molecule has 3 aromatic rings. The second kappa shape index (κ2) is 12.2. The maximum Gasteiger partial charge on any atom is 0.252 e. The summed E-state index contributed by atoms with van der Waals surface area (Å²) in [5.74, 6) is 0.609. The van der Waals surface area contributed by atoms with Crippen molar-refractivity contribution in [2.75, 3.05) is 33.4 Å². The van der Waals surface area contributed by atoms with Crippen molar-refractivity contribution in [3.8, 4) is 22.9 Å². The van der Waals surface area contributed by atoms with Gasteiger partial charge in [0.2, 0.25) is 0 Å². The number of carbonyl (C=O) groups excluding carboxylic acids is 1. The Labute approximate surface area is 207 Å². The van der Waals surface area contributed by atoms with Gasteiger partial charge in [-0.25, -0.2) is 0 Å². The SMILES string of the molecule is CN(CCOc1cccc(CNC(=O)c2ccccc2-c2ccccc2C#N)c1)C1CCOCC1.